The van der Waals surface area contributed by atoms with Crippen molar-refractivity contribution in [3.05, 3.63) is 66.0 Å². The summed E-state index contributed by atoms with van der Waals surface area (Å²) in [6, 6.07) is 16.4. The molecule has 0 radical (unpaired) electrons. The summed E-state index contributed by atoms with van der Waals surface area (Å²) < 4.78 is 0. The number of urea groups is 1. The van der Waals surface area contributed by atoms with Gasteiger partial charge in [0.25, 0.3) is 0 Å². The van der Waals surface area contributed by atoms with Crippen LogP contribution in [0.5, 0.6) is 0 Å². The van der Waals surface area contributed by atoms with E-state index in [1.165, 1.54) is 18.8 Å². The van der Waals surface area contributed by atoms with Gasteiger partial charge in [0.15, 0.2) is 0 Å². The molecule has 0 aliphatic heterocycles. The van der Waals surface area contributed by atoms with Crippen LogP contribution < -0.4 is 10.6 Å². The lowest BCUT2D eigenvalue weighted by molar-refractivity contribution is -0.119. The maximum absolute atomic E-state index is 12.7. The van der Waals surface area contributed by atoms with E-state index in [1.54, 1.807) is 0 Å². The van der Waals surface area contributed by atoms with Gasteiger partial charge in [-0.2, -0.15) is 0 Å². The van der Waals surface area contributed by atoms with Gasteiger partial charge in [0.2, 0.25) is 5.91 Å². The molecule has 6 nitrogen and oxygen atoms in total. The maximum atomic E-state index is 12.7. The first-order chi connectivity index (χ1) is 12.6. The average Bonchev–Trinajstić information content (AvgIpc) is 2.66. The molecule has 1 atom stereocenters. The molecule has 1 aromatic heterocycles. The number of aromatic nitrogens is 2. The van der Waals surface area contributed by atoms with Crippen molar-refractivity contribution in [2.45, 2.75) is 17.2 Å². The van der Waals surface area contributed by atoms with Gasteiger partial charge >= 0.3 is 6.03 Å². The monoisotopic (exact) mass is 366 g/mol. The van der Waals surface area contributed by atoms with E-state index in [0.717, 1.165) is 16.5 Å². The minimum atomic E-state index is -0.619. The quantitative estimate of drug-likeness (QED) is 0.547. The van der Waals surface area contributed by atoms with E-state index >= 15 is 0 Å². The number of nitrogens with one attached hydrogen (secondary N) is 2. The zero-order valence-corrected chi connectivity index (χ0v) is 15.2. The number of hydrogen-bond donors (Lipinski definition) is 2. The number of benzene rings is 2. The van der Waals surface area contributed by atoms with E-state index in [9.17, 15) is 9.59 Å². The average molecular weight is 366 g/mol. The van der Waals surface area contributed by atoms with Crippen molar-refractivity contribution in [3.63, 3.8) is 0 Å². The van der Waals surface area contributed by atoms with Crippen molar-refractivity contribution in [2.75, 3.05) is 7.05 Å². The van der Waals surface area contributed by atoms with Gasteiger partial charge in [-0.25, -0.2) is 14.8 Å². The van der Waals surface area contributed by atoms with E-state index in [-0.39, 0.29) is 0 Å². The Labute approximate surface area is 155 Å². The molecule has 0 aliphatic rings. The van der Waals surface area contributed by atoms with Crippen molar-refractivity contribution < 1.29 is 9.59 Å². The highest BCUT2D eigenvalue weighted by Crippen LogP contribution is 2.37. The highest BCUT2D eigenvalue weighted by Gasteiger charge is 2.25. The summed E-state index contributed by atoms with van der Waals surface area (Å²) >= 11 is 1.30. The standard InChI is InChI=1S/C19H18N4O2S/c1-12-21-15-11-7-6-10-14(15)18(22-12)26-16(13-8-4-3-5-9-13)17(24)23-19(25)20-2/h3-11,16H,1-2H3,(H2,20,23,24,25)/t16-/m1/s1. The largest absolute Gasteiger partial charge is 0.341 e. The van der Waals surface area contributed by atoms with Gasteiger partial charge < -0.3 is 5.32 Å². The lowest BCUT2D eigenvalue weighted by Gasteiger charge is -2.17. The zero-order valence-electron chi connectivity index (χ0n) is 14.4. The summed E-state index contributed by atoms with van der Waals surface area (Å²) in [7, 11) is 1.47. The molecule has 1 heterocycles. The third-order valence-corrected chi connectivity index (χ3v) is 4.97. The van der Waals surface area contributed by atoms with Crippen molar-refractivity contribution in [1.29, 1.82) is 0 Å². The summed E-state index contributed by atoms with van der Waals surface area (Å²) in [5.41, 5.74) is 1.61. The number of rotatable bonds is 4. The van der Waals surface area contributed by atoms with Crippen molar-refractivity contribution in [1.82, 2.24) is 20.6 Å². The number of para-hydroxylation sites is 1. The molecule has 0 unspecified atom stereocenters. The fourth-order valence-electron chi connectivity index (χ4n) is 2.50. The molecule has 0 bridgehead atoms. The third-order valence-electron chi connectivity index (χ3n) is 3.71. The predicted octanol–water partition coefficient (Wildman–Crippen LogP) is 3.23. The van der Waals surface area contributed by atoms with Crippen LogP contribution in [0.2, 0.25) is 0 Å². The Hall–Kier alpha value is -2.93. The van der Waals surface area contributed by atoms with Crippen LogP contribution >= 0.6 is 11.8 Å². The number of nitrogens with zero attached hydrogens (tertiary/aromatic N) is 2. The smallest absolute Gasteiger partial charge is 0.321 e. The molecule has 2 aromatic carbocycles. The number of amides is 3. The second kappa shape index (κ2) is 7.97. The topological polar surface area (TPSA) is 84.0 Å². The van der Waals surface area contributed by atoms with Crippen molar-refractivity contribution in [2.24, 2.45) is 0 Å². The van der Waals surface area contributed by atoms with Crippen LogP contribution in [-0.4, -0.2) is 29.0 Å². The molecular formula is C19H18N4O2S. The molecule has 0 aliphatic carbocycles. The second-order valence-electron chi connectivity index (χ2n) is 5.57. The Kier molecular flexibility index (Phi) is 5.48. The number of carbonyl (C=O) groups is 2. The van der Waals surface area contributed by atoms with Crippen LogP contribution in [0.3, 0.4) is 0 Å². The van der Waals surface area contributed by atoms with Crippen molar-refractivity contribution >= 4 is 34.6 Å². The minimum absolute atomic E-state index is 0.402. The zero-order chi connectivity index (χ0) is 18.5. The van der Waals surface area contributed by atoms with Crippen molar-refractivity contribution in [3.8, 4) is 0 Å². The summed E-state index contributed by atoms with van der Waals surface area (Å²) in [5, 5.41) is 5.71. The maximum Gasteiger partial charge on any atom is 0.321 e. The first-order valence-electron chi connectivity index (χ1n) is 8.06. The van der Waals surface area contributed by atoms with Gasteiger partial charge in [0.05, 0.1) is 5.52 Å². The Morgan fingerprint density at radius 3 is 2.42 bits per heavy atom. The van der Waals surface area contributed by atoms with Gasteiger partial charge in [-0.05, 0) is 18.6 Å². The van der Waals surface area contributed by atoms with Crippen LogP contribution in [0.1, 0.15) is 16.6 Å². The molecule has 0 fully saturated rings. The normalized spacial score (nSPS) is 11.8. The molecule has 3 amide bonds. The molecule has 3 rings (SSSR count). The Balaban J connectivity index is 2.01. The van der Waals surface area contributed by atoms with Crippen LogP contribution in [0, 0.1) is 6.92 Å². The van der Waals surface area contributed by atoms with Crippen LogP contribution in [0.25, 0.3) is 10.9 Å². The molecule has 0 saturated heterocycles. The number of thioether (sulfide) groups is 1. The first kappa shape index (κ1) is 17.9. The predicted molar refractivity (Wildman–Crippen MR) is 102 cm³/mol. The van der Waals surface area contributed by atoms with Gasteiger partial charge in [-0.3, -0.25) is 10.1 Å². The first-order valence-corrected chi connectivity index (χ1v) is 8.94. The summed E-state index contributed by atoms with van der Waals surface area (Å²) in [5.74, 6) is 0.227. The molecule has 26 heavy (non-hydrogen) atoms. The molecule has 7 heteroatoms. The molecule has 132 valence electrons. The highest BCUT2D eigenvalue weighted by molar-refractivity contribution is 8.00. The molecule has 3 aromatic rings. The Bertz CT molecular complexity index is 947. The van der Waals surface area contributed by atoms with Gasteiger partial charge in [0, 0.05) is 12.4 Å². The molecular weight excluding hydrogens is 348 g/mol. The summed E-state index contributed by atoms with van der Waals surface area (Å²) in [6.07, 6.45) is 0. The van der Waals surface area contributed by atoms with E-state index < -0.39 is 17.2 Å². The van der Waals surface area contributed by atoms with Crippen LogP contribution in [0.4, 0.5) is 4.79 Å². The van der Waals surface area contributed by atoms with Gasteiger partial charge in [-0.1, -0.05) is 60.3 Å². The molecule has 0 saturated carbocycles. The lowest BCUT2D eigenvalue weighted by atomic mass is 10.1. The highest BCUT2D eigenvalue weighted by atomic mass is 32.2. The van der Waals surface area contributed by atoms with E-state index in [0.29, 0.717) is 10.9 Å². The third kappa shape index (κ3) is 4.00. The number of hydrogen-bond acceptors (Lipinski definition) is 5. The fraction of sp³-hybridized carbons (Fsp3) is 0.158. The number of aryl methyl sites for hydroxylation is 1. The summed E-state index contributed by atoms with van der Waals surface area (Å²) in [4.78, 5) is 33.3. The van der Waals surface area contributed by atoms with E-state index in [1.807, 2.05) is 61.5 Å². The SMILES string of the molecule is CNC(=O)NC(=O)[C@H](Sc1nc(C)nc2ccccc12)c1ccccc1. The summed E-state index contributed by atoms with van der Waals surface area (Å²) in [6.45, 7) is 1.82. The number of imide groups is 1. The van der Waals surface area contributed by atoms with E-state index in [4.69, 9.17) is 0 Å². The fourth-order valence-corrected chi connectivity index (χ4v) is 3.67. The number of carbonyl (C=O) groups excluding carboxylic acids is 2. The van der Waals surface area contributed by atoms with E-state index in [2.05, 4.69) is 20.6 Å². The van der Waals surface area contributed by atoms with Crippen LogP contribution in [0.15, 0.2) is 59.6 Å². The van der Waals surface area contributed by atoms with Gasteiger partial charge in [0.1, 0.15) is 16.1 Å². The van der Waals surface area contributed by atoms with Gasteiger partial charge in [-0.15, -0.1) is 0 Å². The van der Waals surface area contributed by atoms with Crippen LogP contribution in [-0.2, 0) is 4.79 Å². The minimum Gasteiger partial charge on any atom is -0.341 e. The lowest BCUT2D eigenvalue weighted by Crippen LogP contribution is -2.39. The number of fused-ring (bicyclic) bond motifs is 1. The Morgan fingerprint density at radius 1 is 1.00 bits per heavy atom. The molecule has 2 N–H and O–H groups in total. The second-order valence-corrected chi connectivity index (χ2v) is 6.66. The molecule has 0 spiro atoms. The Morgan fingerprint density at radius 2 is 1.69 bits per heavy atom.